The van der Waals surface area contributed by atoms with E-state index in [1.54, 1.807) is 42.5 Å². The van der Waals surface area contributed by atoms with Crippen molar-refractivity contribution in [3.05, 3.63) is 94.0 Å². The van der Waals surface area contributed by atoms with Crippen LogP contribution in [0.25, 0.3) is 0 Å². The molecule has 1 aliphatic heterocycles. The normalized spacial score (nSPS) is 18.1. The molecule has 0 amide bonds. The SMILES string of the molecule is Cl.O=S(=O)(c1ccccc1)C1CS(O)(O)c2cccc(CNCc3cccc(Br)c3)c21. The summed E-state index contributed by atoms with van der Waals surface area (Å²) in [6, 6.07) is 21.4. The van der Waals surface area contributed by atoms with Crippen LogP contribution < -0.4 is 5.32 Å². The van der Waals surface area contributed by atoms with E-state index in [0.29, 0.717) is 23.5 Å². The van der Waals surface area contributed by atoms with E-state index < -0.39 is 25.7 Å². The Morgan fingerprint density at radius 1 is 0.968 bits per heavy atom. The van der Waals surface area contributed by atoms with Crippen LogP contribution in [0.5, 0.6) is 0 Å². The standard InChI is InChI=1S/C22H22BrNO4S2.ClH/c23-18-8-4-6-16(12-18)13-24-14-17-7-5-11-20-22(17)21(15-29(20,25)26)30(27,28)19-9-2-1-3-10-19;/h1-12,21,24-26H,13-15H2;1H. The van der Waals surface area contributed by atoms with Gasteiger partial charge in [0.05, 0.1) is 15.5 Å². The van der Waals surface area contributed by atoms with Crippen LogP contribution in [0.2, 0.25) is 0 Å². The lowest BCUT2D eigenvalue weighted by molar-refractivity contribution is 0.491. The van der Waals surface area contributed by atoms with E-state index in [1.165, 1.54) is 0 Å². The van der Waals surface area contributed by atoms with Gasteiger partial charge in [0.2, 0.25) is 0 Å². The van der Waals surface area contributed by atoms with Crippen LogP contribution in [0.1, 0.15) is 21.9 Å². The lowest BCUT2D eigenvalue weighted by Gasteiger charge is -2.27. The predicted molar refractivity (Wildman–Crippen MR) is 131 cm³/mol. The van der Waals surface area contributed by atoms with Crippen LogP contribution in [0.4, 0.5) is 0 Å². The van der Waals surface area contributed by atoms with Crippen molar-refractivity contribution in [3.63, 3.8) is 0 Å². The fraction of sp³-hybridized carbons (Fsp3) is 0.182. The Balaban J connectivity index is 0.00000272. The number of fused-ring (bicyclic) bond motifs is 1. The number of hydrogen-bond acceptors (Lipinski definition) is 5. The van der Waals surface area contributed by atoms with Gasteiger partial charge < -0.3 is 5.32 Å². The van der Waals surface area contributed by atoms with Gasteiger partial charge in [0, 0.05) is 17.6 Å². The Labute approximate surface area is 198 Å². The van der Waals surface area contributed by atoms with Crippen molar-refractivity contribution in [1.29, 1.82) is 0 Å². The average molecular weight is 545 g/mol. The molecule has 0 saturated heterocycles. The zero-order chi connectivity index (χ0) is 21.4. The molecule has 9 heteroatoms. The number of sulfone groups is 1. The first-order valence-electron chi connectivity index (χ1n) is 9.41. The summed E-state index contributed by atoms with van der Waals surface area (Å²) in [7, 11) is -6.93. The number of nitrogens with one attached hydrogen (secondary N) is 1. The van der Waals surface area contributed by atoms with Gasteiger partial charge in [-0.15, -0.1) is 12.4 Å². The lowest BCUT2D eigenvalue weighted by Crippen LogP contribution is -2.19. The molecule has 3 aromatic carbocycles. The molecular formula is C22H23BrClNO4S2. The van der Waals surface area contributed by atoms with Gasteiger partial charge in [-0.2, -0.15) is 10.6 Å². The van der Waals surface area contributed by atoms with Gasteiger partial charge in [0.1, 0.15) is 5.25 Å². The largest absolute Gasteiger partial charge is 0.309 e. The summed E-state index contributed by atoms with van der Waals surface area (Å²) in [4.78, 5) is 0.531. The smallest absolute Gasteiger partial charge is 0.187 e. The summed E-state index contributed by atoms with van der Waals surface area (Å²) in [6.07, 6.45) is 0. The quantitative estimate of drug-likeness (QED) is 0.365. The topological polar surface area (TPSA) is 86.6 Å². The number of hydrogen-bond donors (Lipinski definition) is 3. The van der Waals surface area contributed by atoms with Crippen LogP contribution in [0, 0.1) is 0 Å². The second-order valence-corrected chi connectivity index (χ2v) is 12.4. The van der Waals surface area contributed by atoms with E-state index >= 15 is 0 Å². The first-order chi connectivity index (χ1) is 14.3. The maximum Gasteiger partial charge on any atom is 0.187 e. The highest BCUT2D eigenvalue weighted by Crippen LogP contribution is 2.62. The maximum atomic E-state index is 13.3. The van der Waals surface area contributed by atoms with Gasteiger partial charge >= 0.3 is 0 Å². The van der Waals surface area contributed by atoms with Gasteiger partial charge in [-0.25, -0.2) is 8.42 Å². The van der Waals surface area contributed by atoms with E-state index in [9.17, 15) is 17.5 Å². The van der Waals surface area contributed by atoms with Crippen LogP contribution in [-0.4, -0.2) is 23.3 Å². The highest BCUT2D eigenvalue weighted by molar-refractivity contribution is 9.10. The minimum atomic E-state index is -3.76. The molecule has 1 atom stereocenters. The van der Waals surface area contributed by atoms with E-state index in [-0.39, 0.29) is 23.1 Å². The van der Waals surface area contributed by atoms with Crippen LogP contribution in [-0.2, 0) is 22.9 Å². The molecule has 3 N–H and O–H groups in total. The highest BCUT2D eigenvalue weighted by Gasteiger charge is 2.44. The first-order valence-corrected chi connectivity index (χ1v) is 13.5. The van der Waals surface area contributed by atoms with Crippen molar-refractivity contribution in [3.8, 4) is 0 Å². The Hall–Kier alpha value is -1.39. The molecule has 0 saturated carbocycles. The van der Waals surface area contributed by atoms with Crippen molar-refractivity contribution in [2.45, 2.75) is 28.1 Å². The second-order valence-electron chi connectivity index (χ2n) is 7.24. The Morgan fingerprint density at radius 2 is 1.68 bits per heavy atom. The molecule has 0 spiro atoms. The minimum Gasteiger partial charge on any atom is -0.309 e. The Kier molecular flexibility index (Phi) is 7.53. The average Bonchev–Trinajstić information content (AvgIpc) is 3.01. The van der Waals surface area contributed by atoms with Crippen molar-refractivity contribution in [2.24, 2.45) is 0 Å². The second kappa shape index (κ2) is 9.62. The van der Waals surface area contributed by atoms with Crippen LogP contribution in [0.3, 0.4) is 0 Å². The van der Waals surface area contributed by atoms with Gasteiger partial charge in [0.15, 0.2) is 9.84 Å². The lowest BCUT2D eigenvalue weighted by atomic mass is 10.0. The monoisotopic (exact) mass is 543 g/mol. The summed E-state index contributed by atoms with van der Waals surface area (Å²) >= 11 is 3.46. The van der Waals surface area contributed by atoms with E-state index in [1.807, 2.05) is 30.3 Å². The third-order valence-corrected chi connectivity index (χ3v) is 9.84. The van der Waals surface area contributed by atoms with Crippen molar-refractivity contribution < 1.29 is 17.5 Å². The molecule has 31 heavy (non-hydrogen) atoms. The molecule has 1 heterocycles. The summed E-state index contributed by atoms with van der Waals surface area (Å²) < 4.78 is 48.9. The summed E-state index contributed by atoms with van der Waals surface area (Å²) in [6.45, 7) is 1.03. The van der Waals surface area contributed by atoms with Gasteiger partial charge in [-0.05, 0) is 47.0 Å². The van der Waals surface area contributed by atoms with Gasteiger partial charge in [-0.3, -0.25) is 9.11 Å². The van der Waals surface area contributed by atoms with E-state index in [4.69, 9.17) is 0 Å². The fourth-order valence-electron chi connectivity index (χ4n) is 3.79. The molecule has 0 bridgehead atoms. The van der Waals surface area contributed by atoms with Gasteiger partial charge in [-0.1, -0.05) is 58.4 Å². The highest BCUT2D eigenvalue weighted by atomic mass is 79.9. The third-order valence-electron chi connectivity index (χ3n) is 5.19. The molecule has 3 aromatic rings. The Bertz CT molecular complexity index is 1170. The summed E-state index contributed by atoms with van der Waals surface area (Å²) in [5.74, 6) is -0.206. The predicted octanol–water partition coefficient (Wildman–Crippen LogP) is 5.80. The maximum absolute atomic E-state index is 13.3. The molecule has 166 valence electrons. The molecule has 5 nitrogen and oxygen atoms in total. The molecule has 0 fully saturated rings. The third kappa shape index (κ3) is 5.01. The van der Waals surface area contributed by atoms with Crippen molar-refractivity contribution in [2.75, 3.05) is 5.75 Å². The number of benzene rings is 3. The van der Waals surface area contributed by atoms with Crippen molar-refractivity contribution in [1.82, 2.24) is 5.32 Å². The van der Waals surface area contributed by atoms with Crippen molar-refractivity contribution >= 4 is 48.8 Å². The van der Waals surface area contributed by atoms with Crippen LogP contribution in [0.15, 0.2) is 87.1 Å². The Morgan fingerprint density at radius 3 is 2.39 bits per heavy atom. The molecule has 4 rings (SSSR count). The van der Waals surface area contributed by atoms with Crippen LogP contribution >= 0.6 is 38.9 Å². The van der Waals surface area contributed by atoms with E-state index in [0.717, 1.165) is 15.6 Å². The molecule has 0 radical (unpaired) electrons. The summed E-state index contributed by atoms with van der Waals surface area (Å²) in [5.41, 5.74) is 2.38. The number of rotatable bonds is 6. The van der Waals surface area contributed by atoms with E-state index in [2.05, 4.69) is 21.2 Å². The van der Waals surface area contributed by atoms with Gasteiger partial charge in [0.25, 0.3) is 0 Å². The molecular weight excluding hydrogens is 522 g/mol. The minimum absolute atomic E-state index is 0. The number of halogens is 2. The molecule has 0 aliphatic carbocycles. The fourth-order valence-corrected chi connectivity index (χ4v) is 8.74. The molecule has 1 unspecified atom stereocenters. The summed E-state index contributed by atoms with van der Waals surface area (Å²) in [5, 5.41) is 2.36. The first kappa shape index (κ1) is 24.3. The molecule has 1 aliphatic rings. The molecule has 0 aromatic heterocycles. The zero-order valence-corrected chi connectivity index (χ0v) is 20.5. The zero-order valence-electron chi connectivity index (χ0n) is 16.4.